The molecule has 0 aromatic carbocycles. The number of hydrogen-bond donors (Lipinski definition) is 0. The number of hydrogen-bond acceptors (Lipinski definition) is 2. The monoisotopic (exact) mass is 226 g/mol. The van der Waals surface area contributed by atoms with E-state index in [4.69, 9.17) is 4.11 Å². The van der Waals surface area contributed by atoms with Gasteiger partial charge in [0.25, 0.3) is 0 Å². The Hall–Kier alpha value is -1.16. The van der Waals surface area contributed by atoms with Gasteiger partial charge in [-0.15, -0.1) is 0 Å². The van der Waals surface area contributed by atoms with E-state index in [0.29, 0.717) is 5.69 Å². The maximum absolute atomic E-state index is 7.57. The van der Waals surface area contributed by atoms with Gasteiger partial charge in [-0.3, -0.25) is 4.98 Å². The molecule has 60 valence electrons. The minimum atomic E-state index is -0.208. The zero-order chi connectivity index (χ0) is 11.0. The molecule has 0 radical (unpaired) electrons. The summed E-state index contributed by atoms with van der Waals surface area (Å²) in [7, 11) is 0. The van der Waals surface area contributed by atoms with Crippen LogP contribution in [0.4, 0.5) is 0 Å². The molecule has 0 atom stereocenters. The summed E-state index contributed by atoms with van der Waals surface area (Å²) in [5.74, 6) is 0. The maximum Gasteiger partial charge on any atom is 0.0860 e. The van der Waals surface area contributed by atoms with Gasteiger partial charge in [0, 0.05) is 23.0 Å². The Balaban J connectivity index is 2.59. The van der Waals surface area contributed by atoms with Crippen molar-refractivity contribution in [1.82, 2.24) is 14.8 Å². The number of aromatic nitrogens is 3. The van der Waals surface area contributed by atoms with Crippen molar-refractivity contribution in [2.75, 3.05) is 0 Å². The first kappa shape index (κ1) is 4.77. The van der Waals surface area contributed by atoms with E-state index in [0.717, 1.165) is 4.47 Å². The van der Waals surface area contributed by atoms with E-state index in [1.54, 1.807) is 12.3 Å². The molecule has 0 unspecified atom stereocenters. The van der Waals surface area contributed by atoms with Crippen molar-refractivity contribution in [2.45, 2.75) is 0 Å². The summed E-state index contributed by atoms with van der Waals surface area (Å²) in [4.78, 5) is 3.93. The third-order valence-electron chi connectivity index (χ3n) is 1.30. The second kappa shape index (κ2) is 3.06. The average Bonchev–Trinajstić information content (AvgIpc) is 2.46. The Kier molecular flexibility index (Phi) is 1.22. The zero-order valence-corrected chi connectivity index (χ0v) is 7.54. The van der Waals surface area contributed by atoms with Crippen molar-refractivity contribution >= 4 is 15.9 Å². The van der Waals surface area contributed by atoms with Gasteiger partial charge in [0.05, 0.1) is 16.0 Å². The normalized spacial score (nSPS) is 13.6. The summed E-state index contributed by atoms with van der Waals surface area (Å²) >= 11 is 3.25. The Morgan fingerprint density at radius 3 is 3.08 bits per heavy atom. The van der Waals surface area contributed by atoms with Crippen molar-refractivity contribution < 1.29 is 4.11 Å². The summed E-state index contributed by atoms with van der Waals surface area (Å²) < 4.78 is 24.2. The average molecular weight is 227 g/mol. The van der Waals surface area contributed by atoms with Gasteiger partial charge in [0.1, 0.15) is 0 Å². The van der Waals surface area contributed by atoms with E-state index < -0.39 is 0 Å². The van der Waals surface area contributed by atoms with Crippen LogP contribution in [0, 0.1) is 0 Å². The first-order valence-corrected chi connectivity index (χ1v) is 4.02. The van der Waals surface area contributed by atoms with E-state index in [9.17, 15) is 0 Å². The second-order valence-electron chi connectivity index (χ2n) is 2.12. The number of pyridine rings is 1. The molecule has 3 nitrogen and oxygen atoms in total. The highest BCUT2D eigenvalue weighted by Gasteiger charge is 1.95. The van der Waals surface area contributed by atoms with Crippen LogP contribution in [0.2, 0.25) is 0 Å². The highest BCUT2D eigenvalue weighted by atomic mass is 79.9. The van der Waals surface area contributed by atoms with Gasteiger partial charge in [0.2, 0.25) is 0 Å². The lowest BCUT2D eigenvalue weighted by atomic mass is 10.4. The standard InChI is InChI=1S/C8H6BrN3/c9-7-4-8(6-10-5-7)12-3-1-2-11-12/h1-6H/i1D,2D,3D. The summed E-state index contributed by atoms with van der Waals surface area (Å²) in [5, 5.41) is 3.77. The van der Waals surface area contributed by atoms with Gasteiger partial charge < -0.3 is 0 Å². The largest absolute Gasteiger partial charge is 0.261 e. The molecule has 4 heteroatoms. The lowest BCUT2D eigenvalue weighted by Crippen LogP contribution is -1.94. The van der Waals surface area contributed by atoms with Crippen LogP contribution in [-0.2, 0) is 0 Å². The topological polar surface area (TPSA) is 30.7 Å². The fourth-order valence-electron chi connectivity index (χ4n) is 0.817. The molecule has 12 heavy (non-hydrogen) atoms. The van der Waals surface area contributed by atoms with Crippen molar-refractivity contribution in [1.29, 1.82) is 0 Å². The molecular formula is C8H6BrN3. The SMILES string of the molecule is [2H]c1nn(-c2cncc(Br)c2)c([2H])c1[2H]. The predicted octanol–water partition coefficient (Wildman–Crippen LogP) is 2.03. The molecule has 0 aliphatic carbocycles. The van der Waals surface area contributed by atoms with E-state index in [2.05, 4.69) is 26.0 Å². The molecule has 0 fully saturated rings. The summed E-state index contributed by atoms with van der Waals surface area (Å²) in [6, 6.07) is 1.53. The predicted molar refractivity (Wildman–Crippen MR) is 49.1 cm³/mol. The number of nitrogens with zero attached hydrogens (tertiary/aromatic N) is 3. The fourth-order valence-corrected chi connectivity index (χ4v) is 1.17. The van der Waals surface area contributed by atoms with Crippen LogP contribution >= 0.6 is 15.9 Å². The van der Waals surface area contributed by atoms with Gasteiger partial charge in [0.15, 0.2) is 0 Å². The maximum atomic E-state index is 7.57. The van der Waals surface area contributed by atoms with E-state index in [-0.39, 0.29) is 18.4 Å². The van der Waals surface area contributed by atoms with E-state index in [1.165, 1.54) is 10.9 Å². The van der Waals surface area contributed by atoms with Crippen molar-refractivity contribution in [3.05, 3.63) is 41.3 Å². The molecule has 2 rings (SSSR count). The molecule has 0 aliphatic heterocycles. The van der Waals surface area contributed by atoms with Crippen molar-refractivity contribution in [3.63, 3.8) is 0 Å². The van der Waals surface area contributed by atoms with Crippen LogP contribution in [0.1, 0.15) is 4.11 Å². The van der Waals surface area contributed by atoms with Gasteiger partial charge in [-0.25, -0.2) is 4.68 Å². The molecule has 0 amide bonds. The van der Waals surface area contributed by atoms with Gasteiger partial charge in [-0.05, 0) is 28.0 Å². The third kappa shape index (κ3) is 1.38. The highest BCUT2D eigenvalue weighted by Crippen LogP contribution is 2.11. The molecule has 0 saturated carbocycles. The lowest BCUT2D eigenvalue weighted by Gasteiger charge is -1.99. The number of halogens is 1. The molecule has 2 aromatic rings. The fraction of sp³-hybridized carbons (Fsp3) is 0. The molecule has 2 heterocycles. The molecular weight excluding hydrogens is 218 g/mol. The van der Waals surface area contributed by atoms with Crippen LogP contribution in [0.15, 0.2) is 41.3 Å². The minimum Gasteiger partial charge on any atom is -0.261 e. The minimum absolute atomic E-state index is 0.111. The zero-order valence-electron chi connectivity index (χ0n) is 8.95. The summed E-state index contributed by atoms with van der Waals surface area (Å²) in [5.41, 5.74) is 0.557. The van der Waals surface area contributed by atoms with Crippen molar-refractivity contribution in [2.24, 2.45) is 0 Å². The van der Waals surface area contributed by atoms with Gasteiger partial charge in [-0.1, -0.05) is 0 Å². The molecule has 0 aliphatic rings. The van der Waals surface area contributed by atoms with E-state index >= 15 is 0 Å². The quantitative estimate of drug-likeness (QED) is 0.746. The van der Waals surface area contributed by atoms with E-state index in [1.807, 2.05) is 0 Å². The first-order chi connectivity index (χ1) is 7.09. The summed E-state index contributed by atoms with van der Waals surface area (Å²) in [6.07, 6.45) is 2.81. The van der Waals surface area contributed by atoms with Crippen LogP contribution in [0.3, 0.4) is 0 Å². The lowest BCUT2D eigenvalue weighted by molar-refractivity contribution is 0.873. The van der Waals surface area contributed by atoms with Gasteiger partial charge in [-0.2, -0.15) is 5.10 Å². The molecule has 2 aromatic heterocycles. The molecule has 0 N–H and O–H groups in total. The first-order valence-electron chi connectivity index (χ1n) is 4.73. The molecule has 0 saturated heterocycles. The smallest absolute Gasteiger partial charge is 0.0860 e. The molecule has 0 bridgehead atoms. The van der Waals surface area contributed by atoms with Crippen LogP contribution in [0.25, 0.3) is 5.69 Å². The van der Waals surface area contributed by atoms with Gasteiger partial charge >= 0.3 is 0 Å². The second-order valence-corrected chi connectivity index (χ2v) is 3.04. The van der Waals surface area contributed by atoms with Crippen LogP contribution < -0.4 is 0 Å². The Labute approximate surface area is 82.4 Å². The summed E-state index contributed by atoms with van der Waals surface area (Å²) in [6.45, 7) is 0. The Morgan fingerprint density at radius 2 is 2.42 bits per heavy atom. The highest BCUT2D eigenvalue weighted by molar-refractivity contribution is 9.10. The Morgan fingerprint density at radius 1 is 1.50 bits per heavy atom. The number of rotatable bonds is 1. The third-order valence-corrected chi connectivity index (χ3v) is 1.74. The van der Waals surface area contributed by atoms with Crippen molar-refractivity contribution in [3.8, 4) is 5.69 Å². The van der Waals surface area contributed by atoms with Crippen LogP contribution in [0.5, 0.6) is 0 Å². The Bertz CT molecular complexity index is 512. The molecule has 0 spiro atoms. The van der Waals surface area contributed by atoms with Crippen LogP contribution in [-0.4, -0.2) is 14.8 Å².